The molecule has 12 heteroatoms. The molecule has 0 aliphatic heterocycles. The maximum absolute atomic E-state index is 13.8. The number of carbonyl (C=O) groups is 1. The molecule has 2 saturated carbocycles. The molecule has 6 rings (SSSR count). The van der Waals surface area contributed by atoms with Crippen LogP contribution >= 0.6 is 34.8 Å². The van der Waals surface area contributed by atoms with Gasteiger partial charge in [-0.25, -0.2) is 14.2 Å². The fourth-order valence-electron chi connectivity index (χ4n) is 5.57. The molecule has 0 atom stereocenters. The molecule has 0 radical (unpaired) electrons. The summed E-state index contributed by atoms with van der Waals surface area (Å²) >= 11 is 19.3. The van der Waals surface area contributed by atoms with Gasteiger partial charge in [0.05, 0.1) is 46.0 Å². The topological polar surface area (TPSA) is 104 Å². The number of esters is 1. The molecule has 0 saturated heterocycles. The number of hydrogen-bond acceptors (Lipinski definition) is 8. The third-order valence-corrected chi connectivity index (χ3v) is 8.85. The highest BCUT2D eigenvalue weighted by Crippen LogP contribution is 2.54. The van der Waals surface area contributed by atoms with Gasteiger partial charge < -0.3 is 23.8 Å². The summed E-state index contributed by atoms with van der Waals surface area (Å²) in [5.74, 6) is 0.587. The van der Waals surface area contributed by atoms with Crippen LogP contribution in [0.5, 0.6) is 11.6 Å². The van der Waals surface area contributed by atoms with E-state index in [1.54, 1.807) is 24.3 Å². The second-order valence-corrected chi connectivity index (χ2v) is 12.0. The number of carbonyl (C=O) groups excluding carboxylic acids is 1. The van der Waals surface area contributed by atoms with Gasteiger partial charge in [-0.3, -0.25) is 0 Å². The molecule has 0 amide bonds. The predicted molar refractivity (Wildman–Crippen MR) is 158 cm³/mol. The number of ether oxygens (including phenoxy) is 3. The lowest BCUT2D eigenvalue weighted by atomic mass is 9.65. The van der Waals surface area contributed by atoms with E-state index in [0.717, 1.165) is 12.8 Å². The van der Waals surface area contributed by atoms with Crippen LogP contribution in [0.2, 0.25) is 15.1 Å². The molecule has 0 bridgehead atoms. The van der Waals surface area contributed by atoms with Crippen LogP contribution < -0.4 is 9.47 Å². The molecule has 2 aliphatic rings. The minimum atomic E-state index is -1.19. The number of pyridine rings is 1. The number of hydrogen-bond donors (Lipinski definition) is 1. The molecular formula is C31H26Cl3FN2O6. The smallest absolute Gasteiger partial charge is 0.339 e. The fourth-order valence-corrected chi connectivity index (χ4v) is 6.55. The van der Waals surface area contributed by atoms with Gasteiger partial charge in [0.2, 0.25) is 5.88 Å². The van der Waals surface area contributed by atoms with E-state index in [1.807, 2.05) is 0 Å². The highest BCUT2D eigenvalue weighted by Gasteiger charge is 2.47. The Kier molecular flexibility index (Phi) is 8.02. The zero-order valence-electron chi connectivity index (χ0n) is 23.1. The molecule has 2 fully saturated rings. The molecule has 8 nitrogen and oxygen atoms in total. The lowest BCUT2D eigenvalue weighted by Gasteiger charge is -2.44. The number of nitrogens with zero attached hydrogens (tertiary/aromatic N) is 2. The normalized spacial score (nSPS) is 19.6. The number of aliphatic hydroxyl groups is 1. The molecule has 2 aliphatic carbocycles. The summed E-state index contributed by atoms with van der Waals surface area (Å²) in [4.78, 5) is 16.3. The lowest BCUT2D eigenvalue weighted by molar-refractivity contribution is -0.0554. The Bertz CT molecular complexity index is 1690. The Hall–Kier alpha value is -3.37. The van der Waals surface area contributed by atoms with Crippen LogP contribution in [-0.4, -0.2) is 35.4 Å². The average Bonchev–Trinajstić information content (AvgIpc) is 3.73. The first-order valence-corrected chi connectivity index (χ1v) is 14.7. The van der Waals surface area contributed by atoms with Gasteiger partial charge in [-0.05, 0) is 61.9 Å². The monoisotopic (exact) mass is 646 g/mol. The van der Waals surface area contributed by atoms with Crippen molar-refractivity contribution in [3.05, 3.63) is 91.5 Å². The third-order valence-electron chi connectivity index (χ3n) is 7.94. The second-order valence-electron chi connectivity index (χ2n) is 10.8. The molecule has 224 valence electrons. The molecule has 43 heavy (non-hydrogen) atoms. The molecular weight excluding hydrogens is 622 g/mol. The second kappa shape index (κ2) is 11.6. The summed E-state index contributed by atoms with van der Waals surface area (Å²) < 4.78 is 35.8. The molecule has 0 spiro atoms. The van der Waals surface area contributed by atoms with Crippen molar-refractivity contribution < 1.29 is 33.0 Å². The molecule has 2 heterocycles. The van der Waals surface area contributed by atoms with Crippen LogP contribution in [-0.2, 0) is 16.9 Å². The van der Waals surface area contributed by atoms with Crippen LogP contribution in [0, 0.1) is 5.82 Å². The van der Waals surface area contributed by atoms with E-state index in [1.165, 1.54) is 32.5 Å². The Morgan fingerprint density at radius 1 is 1.07 bits per heavy atom. The molecule has 2 aromatic heterocycles. The van der Waals surface area contributed by atoms with E-state index < -0.39 is 17.4 Å². The Labute approximate surface area is 261 Å². The van der Waals surface area contributed by atoms with Crippen LogP contribution in [0.1, 0.15) is 70.3 Å². The molecule has 1 N–H and O–H groups in total. The van der Waals surface area contributed by atoms with Crippen molar-refractivity contribution >= 4 is 40.8 Å². The van der Waals surface area contributed by atoms with Crippen molar-refractivity contribution in [1.29, 1.82) is 0 Å². The van der Waals surface area contributed by atoms with E-state index in [0.29, 0.717) is 68.8 Å². The van der Waals surface area contributed by atoms with E-state index >= 15 is 0 Å². The van der Waals surface area contributed by atoms with Gasteiger partial charge in [0.15, 0.2) is 0 Å². The summed E-state index contributed by atoms with van der Waals surface area (Å²) in [5, 5.41) is 16.2. The van der Waals surface area contributed by atoms with Crippen molar-refractivity contribution in [2.75, 3.05) is 14.2 Å². The van der Waals surface area contributed by atoms with Gasteiger partial charge in [-0.15, -0.1) is 0 Å². The lowest BCUT2D eigenvalue weighted by Crippen LogP contribution is -2.40. The quantitative estimate of drug-likeness (QED) is 0.183. The minimum absolute atomic E-state index is 0.0834. The summed E-state index contributed by atoms with van der Waals surface area (Å²) in [6.45, 7) is 0.0834. The van der Waals surface area contributed by atoms with E-state index in [2.05, 4.69) is 10.1 Å². The number of methoxy groups -OCH3 is 2. The van der Waals surface area contributed by atoms with Gasteiger partial charge in [0, 0.05) is 28.8 Å². The van der Waals surface area contributed by atoms with Crippen molar-refractivity contribution in [3.63, 3.8) is 0 Å². The van der Waals surface area contributed by atoms with Crippen molar-refractivity contribution in [2.45, 2.75) is 49.7 Å². The maximum atomic E-state index is 13.8. The summed E-state index contributed by atoms with van der Waals surface area (Å²) in [5.41, 5.74) is 1.83. The number of halogens is 4. The van der Waals surface area contributed by atoms with Crippen molar-refractivity contribution in [1.82, 2.24) is 10.1 Å². The van der Waals surface area contributed by atoms with E-state index in [9.17, 15) is 14.3 Å². The number of aromatic nitrogens is 2. The predicted octanol–water partition coefficient (Wildman–Crippen LogP) is 7.85. The van der Waals surface area contributed by atoms with Crippen LogP contribution in [0.3, 0.4) is 0 Å². The minimum Gasteiger partial charge on any atom is -0.489 e. The maximum Gasteiger partial charge on any atom is 0.339 e. The van der Waals surface area contributed by atoms with Gasteiger partial charge in [0.25, 0.3) is 0 Å². The summed E-state index contributed by atoms with van der Waals surface area (Å²) in [6.07, 6.45) is 4.02. The van der Waals surface area contributed by atoms with Gasteiger partial charge >= 0.3 is 5.97 Å². The van der Waals surface area contributed by atoms with Crippen molar-refractivity contribution in [3.8, 4) is 22.9 Å². The SMILES string of the molecule is COC(=O)c1cnc(OC)c([C@H]2C[C@](O)(c3ccc(OCc4c(-c5c(Cl)cc(F)cc5Cl)noc4C4CC4)cc3Cl)C2)c1. The van der Waals surface area contributed by atoms with Crippen molar-refractivity contribution in [2.24, 2.45) is 0 Å². The first-order valence-electron chi connectivity index (χ1n) is 13.5. The first kappa shape index (κ1) is 29.7. The average molecular weight is 648 g/mol. The third kappa shape index (κ3) is 5.67. The zero-order valence-corrected chi connectivity index (χ0v) is 25.4. The molecule has 4 aromatic rings. The Balaban J connectivity index is 1.20. The first-order chi connectivity index (χ1) is 20.6. The summed E-state index contributed by atoms with van der Waals surface area (Å²) in [6, 6.07) is 9.14. The standard InChI is InChI=1S/C31H26Cl3FN2O6/c1-40-29-20(7-16(13-36-29)30(38)41-2)17-11-31(39,12-17)22-6-5-19(10-23(22)32)42-14-21-27(37-43-28(21)15-3-4-15)26-24(33)8-18(35)9-25(26)34/h5-10,13,15,17,39H,3-4,11-12,14H2,1-2H3/t17-,31+. The highest BCUT2D eigenvalue weighted by atomic mass is 35.5. The number of benzene rings is 2. The molecule has 0 unspecified atom stereocenters. The Morgan fingerprint density at radius 3 is 2.42 bits per heavy atom. The molecule has 2 aromatic carbocycles. The van der Waals surface area contributed by atoms with Gasteiger partial charge in [0.1, 0.15) is 29.6 Å². The van der Waals surface area contributed by atoms with Gasteiger partial charge in [-0.2, -0.15) is 0 Å². The van der Waals surface area contributed by atoms with Crippen LogP contribution in [0.15, 0.2) is 47.1 Å². The van der Waals surface area contributed by atoms with Crippen LogP contribution in [0.25, 0.3) is 11.3 Å². The summed E-state index contributed by atoms with van der Waals surface area (Å²) in [7, 11) is 2.81. The van der Waals surface area contributed by atoms with E-state index in [-0.39, 0.29) is 28.5 Å². The van der Waals surface area contributed by atoms with E-state index in [4.69, 9.17) is 53.5 Å². The largest absolute Gasteiger partial charge is 0.489 e. The zero-order chi connectivity index (χ0) is 30.5. The highest BCUT2D eigenvalue weighted by molar-refractivity contribution is 6.39. The fraction of sp³-hybridized carbons (Fsp3) is 0.323. The number of rotatable bonds is 9. The van der Waals surface area contributed by atoms with Gasteiger partial charge in [-0.1, -0.05) is 46.0 Å². The Morgan fingerprint density at radius 2 is 1.79 bits per heavy atom. The van der Waals surface area contributed by atoms with Crippen LogP contribution in [0.4, 0.5) is 4.39 Å².